The Morgan fingerprint density at radius 3 is 2.55 bits per heavy atom. The first kappa shape index (κ1) is 19.9. The van der Waals surface area contributed by atoms with Crippen LogP contribution >= 0.6 is 0 Å². The van der Waals surface area contributed by atoms with Gasteiger partial charge in [0.25, 0.3) is 0 Å². The van der Waals surface area contributed by atoms with Crippen LogP contribution in [0.15, 0.2) is 51.7 Å². The molecule has 170 valence electrons. The van der Waals surface area contributed by atoms with E-state index in [0.717, 1.165) is 23.5 Å². The lowest BCUT2D eigenvalue weighted by Crippen LogP contribution is -2.52. The fourth-order valence-electron chi connectivity index (χ4n) is 4.79. The Morgan fingerprint density at radius 2 is 1.70 bits per heavy atom. The summed E-state index contributed by atoms with van der Waals surface area (Å²) in [5, 5.41) is 0. The number of ether oxygens (including phenoxy) is 2. The van der Waals surface area contributed by atoms with Gasteiger partial charge in [-0.15, -0.1) is 0 Å². The summed E-state index contributed by atoms with van der Waals surface area (Å²) in [6, 6.07) is 12.9. The molecule has 1 saturated heterocycles. The predicted octanol–water partition coefficient (Wildman–Crippen LogP) is 1.80. The molecule has 0 N–H and O–H groups in total. The molecule has 1 aliphatic carbocycles. The molecule has 0 radical (unpaired) electrons. The number of hydrogen-bond donors (Lipinski definition) is 0. The number of nitrogens with zero attached hydrogens (tertiary/aromatic N) is 3. The van der Waals surface area contributed by atoms with Crippen molar-refractivity contribution in [2.24, 2.45) is 5.92 Å². The van der Waals surface area contributed by atoms with E-state index < -0.39 is 5.76 Å². The van der Waals surface area contributed by atoms with E-state index in [9.17, 15) is 14.4 Å². The molecule has 0 spiro atoms. The first-order chi connectivity index (χ1) is 16.1. The van der Waals surface area contributed by atoms with E-state index in [1.807, 2.05) is 23.1 Å². The standard InChI is InChI=1S/C24H23N3O6/c28-22(13-27-18-3-1-2-4-19(18)33-24(27)30)25-7-9-26(10-8-25)23(29)17-12-16(17)15-5-6-20-21(11-15)32-14-31-20/h1-6,11,16-17H,7-10,12-14H2. The van der Waals surface area contributed by atoms with Crippen LogP contribution in [0.4, 0.5) is 0 Å². The van der Waals surface area contributed by atoms with Gasteiger partial charge in [-0.25, -0.2) is 4.79 Å². The predicted molar refractivity (Wildman–Crippen MR) is 117 cm³/mol. The van der Waals surface area contributed by atoms with Gasteiger partial charge in [0.15, 0.2) is 17.1 Å². The highest BCUT2D eigenvalue weighted by Gasteiger charge is 2.46. The zero-order valence-electron chi connectivity index (χ0n) is 17.9. The molecule has 6 rings (SSSR count). The molecular weight excluding hydrogens is 426 g/mol. The van der Waals surface area contributed by atoms with Crippen LogP contribution in [0.1, 0.15) is 17.9 Å². The SMILES string of the molecule is O=C(Cn1c(=O)oc2ccccc21)N1CCN(C(=O)C2CC2c2ccc3c(c2)OCO3)CC1. The number of oxazole rings is 1. The maximum atomic E-state index is 13.0. The van der Waals surface area contributed by atoms with Gasteiger partial charge in [0.2, 0.25) is 18.6 Å². The van der Waals surface area contributed by atoms with E-state index in [2.05, 4.69) is 0 Å². The summed E-state index contributed by atoms with van der Waals surface area (Å²) in [5.74, 6) is 1.11. The number of carbonyl (C=O) groups is 2. The summed E-state index contributed by atoms with van der Waals surface area (Å²) in [6.45, 7) is 2.07. The number of piperazine rings is 1. The van der Waals surface area contributed by atoms with E-state index in [4.69, 9.17) is 13.9 Å². The average Bonchev–Trinajstić information content (AvgIpc) is 3.39. The van der Waals surface area contributed by atoms with E-state index in [0.29, 0.717) is 37.3 Å². The quantitative estimate of drug-likeness (QED) is 0.603. The molecule has 1 saturated carbocycles. The van der Waals surface area contributed by atoms with Crippen molar-refractivity contribution in [3.8, 4) is 11.5 Å². The van der Waals surface area contributed by atoms with Gasteiger partial charge in [-0.3, -0.25) is 14.2 Å². The van der Waals surface area contributed by atoms with Crippen LogP contribution in [0.3, 0.4) is 0 Å². The van der Waals surface area contributed by atoms with Gasteiger partial charge in [-0.2, -0.15) is 0 Å². The zero-order chi connectivity index (χ0) is 22.5. The summed E-state index contributed by atoms with van der Waals surface area (Å²) < 4.78 is 17.4. The first-order valence-electron chi connectivity index (χ1n) is 11.1. The second-order valence-electron chi connectivity index (χ2n) is 8.69. The molecular formula is C24H23N3O6. The maximum absolute atomic E-state index is 13.0. The number of para-hydroxylation sites is 2. The third-order valence-electron chi connectivity index (χ3n) is 6.74. The fourth-order valence-corrected chi connectivity index (χ4v) is 4.79. The average molecular weight is 449 g/mol. The molecule has 2 fully saturated rings. The topological polar surface area (TPSA) is 94.2 Å². The van der Waals surface area contributed by atoms with Gasteiger partial charge >= 0.3 is 5.76 Å². The van der Waals surface area contributed by atoms with Crippen molar-refractivity contribution >= 4 is 22.9 Å². The van der Waals surface area contributed by atoms with Crippen molar-refractivity contribution in [1.82, 2.24) is 14.4 Å². The summed E-state index contributed by atoms with van der Waals surface area (Å²) in [4.78, 5) is 41.5. The zero-order valence-corrected chi connectivity index (χ0v) is 17.9. The van der Waals surface area contributed by atoms with Gasteiger partial charge in [0, 0.05) is 32.1 Å². The van der Waals surface area contributed by atoms with E-state index in [1.54, 1.807) is 29.2 Å². The van der Waals surface area contributed by atoms with Crippen LogP contribution in [-0.2, 0) is 16.1 Å². The molecule has 2 atom stereocenters. The van der Waals surface area contributed by atoms with Crippen molar-refractivity contribution in [3.05, 3.63) is 58.6 Å². The van der Waals surface area contributed by atoms with E-state index in [-0.39, 0.29) is 37.0 Å². The molecule has 2 aromatic carbocycles. The van der Waals surface area contributed by atoms with Crippen LogP contribution in [-0.4, -0.2) is 59.2 Å². The Kier molecular flexibility index (Phi) is 4.63. The van der Waals surface area contributed by atoms with Crippen LogP contribution in [0.25, 0.3) is 11.1 Å². The van der Waals surface area contributed by atoms with Gasteiger partial charge < -0.3 is 23.7 Å². The Hall–Kier alpha value is -3.75. The third-order valence-corrected chi connectivity index (χ3v) is 6.74. The molecule has 2 aliphatic heterocycles. The Morgan fingerprint density at radius 1 is 0.939 bits per heavy atom. The number of amides is 2. The summed E-state index contributed by atoms with van der Waals surface area (Å²) in [5.41, 5.74) is 2.17. The highest BCUT2D eigenvalue weighted by Crippen LogP contribution is 2.50. The Balaban J connectivity index is 1.05. The number of carbonyl (C=O) groups excluding carboxylic acids is 2. The lowest BCUT2D eigenvalue weighted by Gasteiger charge is -2.35. The molecule has 9 heteroatoms. The van der Waals surface area contributed by atoms with E-state index in [1.165, 1.54) is 4.57 Å². The van der Waals surface area contributed by atoms with Gasteiger partial charge in [0.05, 0.1) is 5.52 Å². The van der Waals surface area contributed by atoms with Crippen molar-refractivity contribution in [3.63, 3.8) is 0 Å². The lowest BCUT2D eigenvalue weighted by atomic mass is 10.1. The van der Waals surface area contributed by atoms with E-state index >= 15 is 0 Å². The highest BCUT2D eigenvalue weighted by molar-refractivity contribution is 5.84. The minimum atomic E-state index is -0.540. The largest absolute Gasteiger partial charge is 0.454 e. The minimum absolute atomic E-state index is 0.0245. The van der Waals surface area contributed by atoms with Crippen LogP contribution in [0.5, 0.6) is 11.5 Å². The summed E-state index contributed by atoms with van der Waals surface area (Å²) in [6.07, 6.45) is 0.827. The smallest absolute Gasteiger partial charge is 0.420 e. The second kappa shape index (κ2) is 7.68. The molecule has 2 amide bonds. The number of benzene rings is 2. The van der Waals surface area contributed by atoms with Gasteiger partial charge in [0.1, 0.15) is 6.54 Å². The summed E-state index contributed by atoms with van der Waals surface area (Å²) in [7, 11) is 0. The molecule has 3 aliphatic rings. The molecule has 2 unspecified atom stereocenters. The maximum Gasteiger partial charge on any atom is 0.420 e. The molecule has 3 heterocycles. The van der Waals surface area contributed by atoms with Crippen LogP contribution in [0, 0.1) is 5.92 Å². The Bertz CT molecular complexity index is 1300. The van der Waals surface area contributed by atoms with Gasteiger partial charge in [-0.1, -0.05) is 18.2 Å². The van der Waals surface area contributed by atoms with Crippen molar-refractivity contribution < 1.29 is 23.5 Å². The number of aromatic nitrogens is 1. The van der Waals surface area contributed by atoms with Crippen molar-refractivity contribution in [1.29, 1.82) is 0 Å². The summed E-state index contributed by atoms with van der Waals surface area (Å²) >= 11 is 0. The lowest BCUT2D eigenvalue weighted by molar-refractivity contribution is -0.140. The normalized spacial score (nSPS) is 21.5. The minimum Gasteiger partial charge on any atom is -0.454 e. The molecule has 1 aromatic heterocycles. The molecule has 33 heavy (non-hydrogen) atoms. The number of hydrogen-bond acceptors (Lipinski definition) is 6. The highest BCUT2D eigenvalue weighted by atomic mass is 16.7. The molecule has 9 nitrogen and oxygen atoms in total. The van der Waals surface area contributed by atoms with Crippen LogP contribution < -0.4 is 15.2 Å². The first-order valence-corrected chi connectivity index (χ1v) is 11.1. The van der Waals surface area contributed by atoms with Crippen molar-refractivity contribution in [2.75, 3.05) is 33.0 Å². The fraction of sp³-hybridized carbons (Fsp3) is 0.375. The molecule has 0 bridgehead atoms. The third kappa shape index (κ3) is 3.53. The molecule has 3 aromatic rings. The van der Waals surface area contributed by atoms with Crippen LogP contribution in [0.2, 0.25) is 0 Å². The number of fused-ring (bicyclic) bond motifs is 2. The second-order valence-corrected chi connectivity index (χ2v) is 8.69. The Labute approximate surface area is 189 Å². The van der Waals surface area contributed by atoms with Gasteiger partial charge in [-0.05, 0) is 42.2 Å². The number of rotatable bonds is 4. The van der Waals surface area contributed by atoms with Crippen molar-refractivity contribution in [2.45, 2.75) is 18.9 Å². The monoisotopic (exact) mass is 449 g/mol.